The van der Waals surface area contributed by atoms with Gasteiger partial charge in [-0.1, -0.05) is 54.2 Å². The highest BCUT2D eigenvalue weighted by Crippen LogP contribution is 2.35. The number of carbonyl (C=O) groups is 4. The first-order chi connectivity index (χ1) is 21.6. The van der Waals surface area contributed by atoms with Crippen LogP contribution in [0.4, 0.5) is 5.00 Å². The first-order valence-electron chi connectivity index (χ1n) is 14.4. The molecule has 2 aromatic heterocycles. The van der Waals surface area contributed by atoms with Gasteiger partial charge < -0.3 is 20.1 Å². The van der Waals surface area contributed by atoms with Gasteiger partial charge in [-0.25, -0.2) is 9.59 Å². The van der Waals surface area contributed by atoms with Crippen LogP contribution in [0.3, 0.4) is 0 Å². The molecule has 2 amide bonds. The Hall–Kier alpha value is -4.49. The third-order valence-corrected chi connectivity index (χ3v) is 8.82. The van der Waals surface area contributed by atoms with E-state index in [1.807, 2.05) is 66.1 Å². The summed E-state index contributed by atoms with van der Waals surface area (Å²) in [5, 5.41) is 14.4. The smallest absolute Gasteiger partial charge is 0.348 e. The number of ether oxygens (including phenoxy) is 2. The maximum absolute atomic E-state index is 13.5. The monoisotopic (exact) mass is 649 g/mol. The van der Waals surface area contributed by atoms with E-state index in [9.17, 15) is 19.2 Å². The minimum Gasteiger partial charge on any atom is -0.462 e. The number of nitrogens with one attached hydrogen (secondary N) is 2. The molecule has 2 aromatic carbocycles. The Morgan fingerprint density at radius 3 is 2.36 bits per heavy atom. The van der Waals surface area contributed by atoms with Gasteiger partial charge in [0, 0.05) is 5.69 Å². The Morgan fingerprint density at radius 2 is 1.67 bits per heavy atom. The number of nitrogens with zero attached hydrogens (tertiary/aromatic N) is 3. The number of aromatic nitrogens is 3. The van der Waals surface area contributed by atoms with Crippen molar-refractivity contribution in [1.29, 1.82) is 0 Å². The second kappa shape index (κ2) is 15.5. The first kappa shape index (κ1) is 33.4. The third kappa shape index (κ3) is 8.37. The molecular formula is C32H35N5O6S2. The van der Waals surface area contributed by atoms with Crippen molar-refractivity contribution in [3.05, 3.63) is 87.6 Å². The van der Waals surface area contributed by atoms with Crippen LogP contribution in [0.15, 0.2) is 59.8 Å². The van der Waals surface area contributed by atoms with Crippen LogP contribution < -0.4 is 10.6 Å². The molecule has 0 aliphatic rings. The number of hydrogen-bond donors (Lipinski definition) is 2. The van der Waals surface area contributed by atoms with E-state index in [1.165, 1.54) is 11.8 Å². The molecule has 236 valence electrons. The largest absolute Gasteiger partial charge is 0.462 e. The Bertz CT molecular complexity index is 1680. The summed E-state index contributed by atoms with van der Waals surface area (Å²) in [7, 11) is 0. The average molecular weight is 650 g/mol. The molecule has 4 rings (SSSR count). The lowest BCUT2D eigenvalue weighted by Crippen LogP contribution is -2.26. The summed E-state index contributed by atoms with van der Waals surface area (Å²) in [6, 6.07) is 17.2. The summed E-state index contributed by atoms with van der Waals surface area (Å²) >= 11 is 2.13. The highest BCUT2D eigenvalue weighted by molar-refractivity contribution is 8.00. The van der Waals surface area contributed by atoms with E-state index >= 15 is 0 Å². The summed E-state index contributed by atoms with van der Waals surface area (Å²) in [5.74, 6) is -1.31. The number of amides is 2. The Labute approximate surface area is 269 Å². The summed E-state index contributed by atoms with van der Waals surface area (Å²) in [4.78, 5) is 51.7. The van der Waals surface area contributed by atoms with Crippen LogP contribution in [-0.2, 0) is 32.0 Å². The van der Waals surface area contributed by atoms with Crippen molar-refractivity contribution in [2.75, 3.05) is 18.5 Å². The summed E-state index contributed by atoms with van der Waals surface area (Å²) in [5.41, 5.74) is 3.18. The van der Waals surface area contributed by atoms with Crippen molar-refractivity contribution in [3.8, 4) is 5.69 Å². The zero-order valence-corrected chi connectivity index (χ0v) is 27.3. The zero-order valence-electron chi connectivity index (χ0n) is 25.7. The Balaban J connectivity index is 1.56. The molecule has 0 aliphatic carbocycles. The van der Waals surface area contributed by atoms with E-state index in [4.69, 9.17) is 9.47 Å². The lowest BCUT2D eigenvalue weighted by atomic mass is 10.1. The first-order valence-corrected chi connectivity index (χ1v) is 16.1. The number of esters is 2. The molecule has 0 unspecified atom stereocenters. The van der Waals surface area contributed by atoms with Crippen LogP contribution in [-0.4, -0.2) is 57.0 Å². The number of rotatable bonds is 13. The molecule has 0 saturated carbocycles. The molecule has 0 radical (unpaired) electrons. The van der Waals surface area contributed by atoms with Gasteiger partial charge in [0.1, 0.15) is 9.88 Å². The van der Waals surface area contributed by atoms with Crippen molar-refractivity contribution in [2.45, 2.75) is 58.0 Å². The molecular weight excluding hydrogens is 615 g/mol. The Morgan fingerprint density at radius 1 is 0.956 bits per heavy atom. The van der Waals surface area contributed by atoms with Crippen LogP contribution in [0.1, 0.15) is 63.3 Å². The van der Waals surface area contributed by atoms with Gasteiger partial charge in [-0.3, -0.25) is 14.2 Å². The number of hydrogen-bond acceptors (Lipinski definition) is 10. The fourth-order valence-corrected chi connectivity index (χ4v) is 6.38. The van der Waals surface area contributed by atoms with E-state index in [1.54, 1.807) is 27.7 Å². The molecule has 0 spiro atoms. The predicted molar refractivity (Wildman–Crippen MR) is 173 cm³/mol. The van der Waals surface area contributed by atoms with E-state index in [0.717, 1.165) is 28.2 Å². The molecule has 0 saturated heterocycles. The molecule has 1 atom stereocenters. The molecule has 0 fully saturated rings. The molecule has 0 aliphatic heterocycles. The van der Waals surface area contributed by atoms with Gasteiger partial charge in [0.2, 0.25) is 11.8 Å². The van der Waals surface area contributed by atoms with Crippen LogP contribution >= 0.6 is 23.1 Å². The van der Waals surface area contributed by atoms with Gasteiger partial charge in [0.25, 0.3) is 0 Å². The predicted octanol–water partition coefficient (Wildman–Crippen LogP) is 5.28. The number of anilines is 1. The van der Waals surface area contributed by atoms with E-state index < -0.39 is 23.1 Å². The lowest BCUT2D eigenvalue weighted by molar-refractivity contribution is -0.120. The van der Waals surface area contributed by atoms with Crippen LogP contribution in [0, 0.1) is 13.8 Å². The number of benzene rings is 2. The highest BCUT2D eigenvalue weighted by Gasteiger charge is 2.29. The SMILES string of the molecule is CCOC(=O)c1sc(NC(=O)[C@@H](C)Sc2nnc(CNC(=O)Cc3ccccc3)n2-c2cccc(C)c2)c(C(=O)OCC)c1C. The van der Waals surface area contributed by atoms with Crippen LogP contribution in [0.5, 0.6) is 0 Å². The second-order valence-corrected chi connectivity index (χ2v) is 12.3. The van der Waals surface area contributed by atoms with Crippen molar-refractivity contribution in [2.24, 2.45) is 0 Å². The summed E-state index contributed by atoms with van der Waals surface area (Å²) in [6.45, 7) is 9.08. The standard InChI is InChI=1S/C32H35N5O6S2/c1-6-42-30(40)26-20(4)27(31(41)43-7-2)45-29(26)34-28(39)21(5)44-32-36-35-24(37(32)23-15-11-12-19(3)16-23)18-33-25(38)17-22-13-9-8-10-14-22/h8-16,21H,6-7,17-18H2,1-5H3,(H,33,38)(H,34,39)/t21-/m1/s1. The molecule has 0 bridgehead atoms. The van der Waals surface area contributed by atoms with Crippen molar-refractivity contribution in [1.82, 2.24) is 20.1 Å². The maximum Gasteiger partial charge on any atom is 0.348 e. The molecule has 4 aromatic rings. The molecule has 2 heterocycles. The normalized spacial score (nSPS) is 11.5. The second-order valence-electron chi connectivity index (χ2n) is 9.96. The fraction of sp³-hybridized carbons (Fsp3) is 0.312. The van der Waals surface area contributed by atoms with Crippen molar-refractivity contribution in [3.63, 3.8) is 0 Å². The van der Waals surface area contributed by atoms with Gasteiger partial charge >= 0.3 is 11.9 Å². The fourth-order valence-electron chi connectivity index (χ4n) is 4.41. The van der Waals surface area contributed by atoms with Crippen molar-refractivity contribution >= 4 is 51.9 Å². The average Bonchev–Trinajstić information content (AvgIpc) is 3.56. The minimum atomic E-state index is -0.693. The maximum atomic E-state index is 13.5. The highest BCUT2D eigenvalue weighted by atomic mass is 32.2. The number of aryl methyl sites for hydroxylation is 1. The van der Waals surface area contributed by atoms with Crippen LogP contribution in [0.2, 0.25) is 0 Å². The van der Waals surface area contributed by atoms with E-state index in [2.05, 4.69) is 20.8 Å². The summed E-state index contributed by atoms with van der Waals surface area (Å²) < 4.78 is 12.1. The topological polar surface area (TPSA) is 142 Å². The molecule has 13 heteroatoms. The molecule has 45 heavy (non-hydrogen) atoms. The van der Waals surface area contributed by atoms with Gasteiger partial charge in [-0.05, 0) is 63.4 Å². The zero-order chi connectivity index (χ0) is 32.5. The van der Waals surface area contributed by atoms with Gasteiger partial charge in [-0.2, -0.15) is 0 Å². The number of thiophene rings is 1. The van der Waals surface area contributed by atoms with E-state index in [-0.39, 0.29) is 47.5 Å². The number of thioether (sulfide) groups is 1. The van der Waals surface area contributed by atoms with Gasteiger partial charge in [0.15, 0.2) is 11.0 Å². The Kier molecular flexibility index (Phi) is 11.5. The third-order valence-electron chi connectivity index (χ3n) is 6.59. The summed E-state index contributed by atoms with van der Waals surface area (Å²) in [6.07, 6.45) is 0.228. The van der Waals surface area contributed by atoms with Gasteiger partial charge in [0.05, 0.1) is 37.0 Å². The molecule has 2 N–H and O–H groups in total. The number of carbonyl (C=O) groups excluding carboxylic acids is 4. The van der Waals surface area contributed by atoms with E-state index in [0.29, 0.717) is 16.5 Å². The lowest BCUT2D eigenvalue weighted by Gasteiger charge is -2.15. The van der Waals surface area contributed by atoms with Crippen molar-refractivity contribution < 1.29 is 28.7 Å². The van der Waals surface area contributed by atoms with Crippen LogP contribution in [0.25, 0.3) is 5.69 Å². The molecule has 11 nitrogen and oxygen atoms in total. The van der Waals surface area contributed by atoms with Gasteiger partial charge in [-0.15, -0.1) is 21.5 Å². The minimum absolute atomic E-state index is 0.118. The quantitative estimate of drug-likeness (QED) is 0.146.